The van der Waals surface area contributed by atoms with Gasteiger partial charge in [-0.05, 0) is 82.3 Å². The Hall–Kier alpha value is -3.27. The van der Waals surface area contributed by atoms with Crippen LogP contribution in [0.5, 0.6) is 5.75 Å². The van der Waals surface area contributed by atoms with E-state index in [9.17, 15) is 19.5 Å². The van der Waals surface area contributed by atoms with Crippen molar-refractivity contribution in [2.75, 3.05) is 42.6 Å². The molecule has 10 heteroatoms. The zero-order valence-electron chi connectivity index (χ0n) is 26.7. The van der Waals surface area contributed by atoms with Crippen LogP contribution in [0.15, 0.2) is 73.8 Å². The maximum atomic E-state index is 14.8. The van der Waals surface area contributed by atoms with E-state index in [0.717, 1.165) is 6.42 Å². The summed E-state index contributed by atoms with van der Waals surface area (Å²) < 4.78 is 4.31. The third-order valence-corrected chi connectivity index (χ3v) is 11.9. The number of carbonyl (C=O) groups excluding carboxylic acids is 3. The van der Waals surface area contributed by atoms with Gasteiger partial charge < -0.3 is 24.5 Å². The number of para-hydroxylation sites is 1. The molecule has 0 aromatic heterocycles. The first kappa shape index (κ1) is 34.1. The lowest BCUT2D eigenvalue weighted by Crippen LogP contribution is -2.55. The van der Waals surface area contributed by atoms with Gasteiger partial charge in [-0.1, -0.05) is 35.9 Å². The monoisotopic (exact) mass is 665 g/mol. The Bertz CT molecular complexity index is 1470. The summed E-state index contributed by atoms with van der Waals surface area (Å²) in [6.07, 6.45) is 6.69. The van der Waals surface area contributed by atoms with Gasteiger partial charge in [0.05, 0.1) is 33.9 Å². The summed E-state index contributed by atoms with van der Waals surface area (Å²) in [5.41, 5.74) is 1.26. The molecule has 3 aliphatic heterocycles. The summed E-state index contributed by atoms with van der Waals surface area (Å²) >= 11 is 8.26. The van der Waals surface area contributed by atoms with Crippen molar-refractivity contribution < 1.29 is 24.2 Å². The van der Waals surface area contributed by atoms with Crippen molar-refractivity contribution in [1.82, 2.24) is 4.90 Å². The fourth-order valence-corrected chi connectivity index (χ4v) is 10.2. The van der Waals surface area contributed by atoms with Crippen LogP contribution < -0.4 is 14.5 Å². The van der Waals surface area contributed by atoms with Crippen LogP contribution >= 0.6 is 23.4 Å². The summed E-state index contributed by atoms with van der Waals surface area (Å²) in [4.78, 5) is 49.3. The molecule has 3 aliphatic rings. The zero-order chi connectivity index (χ0) is 33.1. The average molecular weight is 666 g/mol. The highest BCUT2D eigenvalue weighted by molar-refractivity contribution is 8.02. The van der Waals surface area contributed by atoms with E-state index in [1.54, 1.807) is 50.7 Å². The number of hydrogen-bond donors (Lipinski definition) is 1. The molecule has 2 bridgehead atoms. The van der Waals surface area contributed by atoms with Crippen molar-refractivity contribution in [3.05, 3.63) is 78.9 Å². The lowest BCUT2D eigenvalue weighted by atomic mass is 9.66. The number of carbonyl (C=O) groups is 3. The molecule has 246 valence electrons. The fraction of sp³-hybridized carbons (Fsp3) is 0.472. The van der Waals surface area contributed by atoms with Gasteiger partial charge in [-0.2, -0.15) is 0 Å². The van der Waals surface area contributed by atoms with Gasteiger partial charge in [0, 0.05) is 36.7 Å². The Balaban J connectivity index is 1.56. The Morgan fingerprint density at radius 2 is 1.74 bits per heavy atom. The lowest BCUT2D eigenvalue weighted by molar-refractivity contribution is -0.139. The number of amides is 3. The molecular weight excluding hydrogens is 622 g/mol. The van der Waals surface area contributed by atoms with Crippen LogP contribution in [0.25, 0.3) is 0 Å². The van der Waals surface area contributed by atoms with Gasteiger partial charge in [-0.25, -0.2) is 0 Å². The van der Waals surface area contributed by atoms with Crippen molar-refractivity contribution in [3.63, 3.8) is 0 Å². The summed E-state index contributed by atoms with van der Waals surface area (Å²) in [5.74, 6) is -1.09. The smallest absolute Gasteiger partial charge is 0.251 e. The van der Waals surface area contributed by atoms with Gasteiger partial charge in [-0.3, -0.25) is 14.4 Å². The van der Waals surface area contributed by atoms with Crippen molar-refractivity contribution in [2.45, 2.75) is 61.5 Å². The van der Waals surface area contributed by atoms with Crippen molar-refractivity contribution >= 4 is 52.5 Å². The molecule has 1 spiro atoms. The number of nitrogens with zero attached hydrogens (tertiary/aromatic N) is 3. The lowest BCUT2D eigenvalue weighted by Gasteiger charge is -2.38. The van der Waals surface area contributed by atoms with Crippen LogP contribution in [0.2, 0.25) is 5.02 Å². The standard InChI is InChI=1S/C36H44ClN3O5S/c1-5-21-38(25-15-17-26(18-16-25)45-7-3)32(42)29-30-33(43)40(23-11-8-12-24-41)31(36(30)20-19-35(29,4)46-36)34(44)39(22-6-2)28-14-10-9-13-27(28)37/h5-6,9-10,13-18,29-31,41H,1-2,7-8,11-12,19-24H2,3-4H3/t29-,30+,31?,35+,36?/m1/s1. The first-order valence-electron chi connectivity index (χ1n) is 16.1. The third kappa shape index (κ3) is 5.98. The number of aliphatic hydroxyl groups is 1. The molecule has 3 heterocycles. The van der Waals surface area contributed by atoms with E-state index in [-0.39, 0.29) is 37.4 Å². The minimum absolute atomic E-state index is 0.0674. The maximum absolute atomic E-state index is 14.8. The van der Waals surface area contributed by atoms with Crippen molar-refractivity contribution in [3.8, 4) is 5.75 Å². The molecule has 2 aromatic rings. The van der Waals surface area contributed by atoms with Gasteiger partial charge in [0.25, 0.3) is 5.91 Å². The van der Waals surface area contributed by atoms with Gasteiger partial charge in [0.1, 0.15) is 11.8 Å². The highest BCUT2D eigenvalue weighted by Crippen LogP contribution is 2.71. The molecule has 5 rings (SSSR count). The molecule has 0 radical (unpaired) electrons. The van der Waals surface area contributed by atoms with Crippen LogP contribution in [-0.2, 0) is 14.4 Å². The predicted octanol–water partition coefficient (Wildman–Crippen LogP) is 6.12. The number of aliphatic hydroxyl groups excluding tert-OH is 1. The number of benzene rings is 2. The minimum Gasteiger partial charge on any atom is -0.494 e. The molecule has 2 unspecified atom stereocenters. The van der Waals surface area contributed by atoms with Crippen LogP contribution in [0.3, 0.4) is 0 Å². The number of anilines is 2. The van der Waals surface area contributed by atoms with Gasteiger partial charge in [-0.15, -0.1) is 24.9 Å². The van der Waals surface area contributed by atoms with E-state index in [2.05, 4.69) is 20.1 Å². The molecule has 3 fully saturated rings. The maximum Gasteiger partial charge on any atom is 0.251 e. The molecule has 1 N–H and O–H groups in total. The molecule has 0 saturated carbocycles. The molecule has 5 atom stereocenters. The van der Waals surface area contributed by atoms with Crippen LogP contribution in [0, 0.1) is 11.8 Å². The van der Waals surface area contributed by atoms with Crippen molar-refractivity contribution in [1.29, 1.82) is 0 Å². The topological polar surface area (TPSA) is 90.4 Å². The number of likely N-dealkylation sites (tertiary alicyclic amines) is 1. The third-order valence-electron chi connectivity index (χ3n) is 9.59. The molecule has 0 aliphatic carbocycles. The van der Waals surface area contributed by atoms with E-state index in [1.807, 2.05) is 43.3 Å². The highest BCUT2D eigenvalue weighted by atomic mass is 35.5. The van der Waals surface area contributed by atoms with Crippen LogP contribution in [0.1, 0.15) is 46.0 Å². The average Bonchev–Trinajstić information content (AvgIpc) is 3.61. The largest absolute Gasteiger partial charge is 0.494 e. The number of unbranched alkanes of at least 4 members (excludes halogenated alkanes) is 2. The number of fused-ring (bicyclic) bond motifs is 1. The zero-order valence-corrected chi connectivity index (χ0v) is 28.3. The SMILES string of the molecule is C=CCN(C(=O)[C@H]1[C@H]2C(=O)N(CCCCCO)C(C(=O)N(CC=C)c3ccccc3Cl)C23CC[C@]1(C)S3)c1ccc(OCC)cc1. The van der Waals surface area contributed by atoms with Crippen LogP contribution in [0.4, 0.5) is 11.4 Å². The van der Waals surface area contributed by atoms with Gasteiger partial charge in [0.2, 0.25) is 11.8 Å². The van der Waals surface area contributed by atoms with E-state index in [4.69, 9.17) is 16.3 Å². The molecule has 3 saturated heterocycles. The van der Waals surface area contributed by atoms with E-state index in [1.165, 1.54) is 0 Å². The van der Waals surface area contributed by atoms with E-state index in [0.29, 0.717) is 61.0 Å². The predicted molar refractivity (Wildman–Crippen MR) is 186 cm³/mol. The Labute approximate surface area is 281 Å². The number of ether oxygens (including phenoxy) is 1. The molecule has 8 nitrogen and oxygen atoms in total. The van der Waals surface area contributed by atoms with E-state index < -0.39 is 27.4 Å². The highest BCUT2D eigenvalue weighted by Gasteiger charge is 2.77. The number of rotatable bonds is 15. The molecule has 3 amide bonds. The first-order chi connectivity index (χ1) is 22.2. The molecule has 2 aromatic carbocycles. The normalized spacial score (nSPS) is 26.1. The summed E-state index contributed by atoms with van der Waals surface area (Å²) in [7, 11) is 0. The minimum atomic E-state index is -0.779. The van der Waals surface area contributed by atoms with E-state index >= 15 is 0 Å². The Morgan fingerprint density at radius 3 is 2.39 bits per heavy atom. The first-order valence-corrected chi connectivity index (χ1v) is 17.3. The Morgan fingerprint density at radius 1 is 1.04 bits per heavy atom. The number of hydrogen-bond acceptors (Lipinski definition) is 6. The summed E-state index contributed by atoms with van der Waals surface area (Å²) in [5, 5.41) is 9.82. The summed E-state index contributed by atoms with van der Waals surface area (Å²) in [6.45, 7) is 13.3. The Kier molecular flexibility index (Phi) is 10.5. The molecular formula is C36H44ClN3O5S. The van der Waals surface area contributed by atoms with Gasteiger partial charge in [0.15, 0.2) is 0 Å². The number of thioether (sulfide) groups is 1. The second-order valence-corrected chi connectivity index (χ2v) is 14.7. The second-order valence-electron chi connectivity index (χ2n) is 12.4. The fourth-order valence-electron chi connectivity index (χ4n) is 7.66. The number of halogens is 1. The van der Waals surface area contributed by atoms with Crippen LogP contribution in [-0.4, -0.2) is 76.1 Å². The second kappa shape index (κ2) is 14.2. The summed E-state index contributed by atoms with van der Waals surface area (Å²) in [6, 6.07) is 13.8. The van der Waals surface area contributed by atoms with Gasteiger partial charge >= 0.3 is 0 Å². The molecule has 46 heavy (non-hydrogen) atoms. The quantitative estimate of drug-likeness (QED) is 0.182. The van der Waals surface area contributed by atoms with Crippen molar-refractivity contribution in [2.24, 2.45) is 11.8 Å².